The molecule has 1 aromatic carbocycles. The van der Waals surface area contributed by atoms with Gasteiger partial charge in [0.1, 0.15) is 11.5 Å². The Morgan fingerprint density at radius 3 is 2.84 bits per heavy atom. The van der Waals surface area contributed by atoms with Crippen molar-refractivity contribution in [2.75, 3.05) is 0 Å². The van der Waals surface area contributed by atoms with Gasteiger partial charge < -0.3 is 9.52 Å². The Morgan fingerprint density at radius 2 is 2.10 bits per heavy atom. The molecule has 0 spiro atoms. The van der Waals surface area contributed by atoms with Gasteiger partial charge in [-0.1, -0.05) is 9.61 Å². The number of nitro benzene ring substituents is 1. The van der Waals surface area contributed by atoms with Crippen LogP contribution < -0.4 is 15.2 Å². The van der Waals surface area contributed by atoms with Crippen LogP contribution in [0.2, 0.25) is 0 Å². The summed E-state index contributed by atoms with van der Waals surface area (Å²) in [5, 5.41) is 34.8. The Kier molecular flexibility index (Phi) is 5.10. The maximum atomic E-state index is 12.1. The summed E-state index contributed by atoms with van der Waals surface area (Å²) in [5.74, 6) is 0.0726. The number of nitrogens with one attached hydrogen (secondary N) is 1. The predicted octanol–water partition coefficient (Wildman–Crippen LogP) is 0.717. The molecule has 31 heavy (non-hydrogen) atoms. The molecule has 12 nitrogen and oxygen atoms in total. The van der Waals surface area contributed by atoms with Crippen LogP contribution in [0.25, 0.3) is 17.0 Å². The van der Waals surface area contributed by atoms with E-state index in [4.69, 9.17) is 4.42 Å². The largest absolute Gasteiger partial charge is 0.867 e. The van der Waals surface area contributed by atoms with E-state index in [-0.39, 0.29) is 23.6 Å². The number of hydrazone groups is 1. The number of carbonyl (C=O) groups is 1. The van der Waals surface area contributed by atoms with Crippen LogP contribution in [0.15, 0.2) is 58.3 Å². The van der Waals surface area contributed by atoms with E-state index in [0.29, 0.717) is 22.8 Å². The molecule has 0 unspecified atom stereocenters. The monoisotopic (exact) mass is 421 g/mol. The Hall–Kier alpha value is -4.61. The standard InChI is InChI=1S/C19H15N7O5/c1-12-8-16(27)19-24(21-11-25(19)23-12)10-18(28)22-20-9-15-6-7-17(31-15)13-2-4-14(5-3-13)26(29)30/h2-9,11H,10H2,1H3,(H-,22,23,27,28)/b20-9-. The van der Waals surface area contributed by atoms with Gasteiger partial charge in [-0.15, -0.1) is 4.68 Å². The fraction of sp³-hybridized carbons (Fsp3) is 0.105. The van der Waals surface area contributed by atoms with Gasteiger partial charge in [0, 0.05) is 17.7 Å². The van der Waals surface area contributed by atoms with Crippen molar-refractivity contribution >= 4 is 23.5 Å². The summed E-state index contributed by atoms with van der Waals surface area (Å²) in [4.78, 5) is 22.4. The molecule has 1 amide bonds. The highest BCUT2D eigenvalue weighted by Crippen LogP contribution is 2.24. The first-order chi connectivity index (χ1) is 14.9. The second-order valence-electron chi connectivity index (χ2n) is 6.51. The van der Waals surface area contributed by atoms with Gasteiger partial charge in [0.2, 0.25) is 0 Å². The molecule has 0 saturated carbocycles. The van der Waals surface area contributed by atoms with Crippen LogP contribution in [0.5, 0.6) is 5.75 Å². The van der Waals surface area contributed by atoms with E-state index in [1.165, 1.54) is 39.9 Å². The number of benzene rings is 1. The summed E-state index contributed by atoms with van der Waals surface area (Å²) in [6.45, 7) is 1.47. The van der Waals surface area contributed by atoms with Gasteiger partial charge in [-0.2, -0.15) is 5.10 Å². The summed E-state index contributed by atoms with van der Waals surface area (Å²) in [6, 6.07) is 10.6. The van der Waals surface area contributed by atoms with Gasteiger partial charge in [0.15, 0.2) is 6.54 Å². The fourth-order valence-corrected chi connectivity index (χ4v) is 2.89. The van der Waals surface area contributed by atoms with Crippen LogP contribution in [-0.4, -0.2) is 31.8 Å². The SMILES string of the molecule is Cc1cc([O-])c2n(cn[n+]2CC(=O)N/N=C\c2ccc(-c3ccc([N+](=O)[O-])cc3)o2)n1. The Balaban J connectivity index is 1.39. The molecule has 0 aliphatic heterocycles. The molecular formula is C19H15N7O5. The normalized spacial score (nSPS) is 11.3. The highest BCUT2D eigenvalue weighted by atomic mass is 16.6. The van der Waals surface area contributed by atoms with Crippen LogP contribution >= 0.6 is 0 Å². The molecule has 4 aromatic rings. The number of nitro groups is 1. The second kappa shape index (κ2) is 8.02. The minimum Gasteiger partial charge on any atom is -0.867 e. The number of carbonyl (C=O) groups excluding carboxylic acids is 1. The van der Waals surface area contributed by atoms with Gasteiger partial charge in [0.05, 0.1) is 16.8 Å². The zero-order valence-corrected chi connectivity index (χ0v) is 16.1. The molecular weight excluding hydrogens is 406 g/mol. The van der Waals surface area contributed by atoms with E-state index < -0.39 is 10.8 Å². The minimum absolute atomic E-state index is 0.0156. The van der Waals surface area contributed by atoms with E-state index >= 15 is 0 Å². The van der Waals surface area contributed by atoms with Crippen molar-refractivity contribution in [3.63, 3.8) is 0 Å². The summed E-state index contributed by atoms with van der Waals surface area (Å²) < 4.78 is 8.15. The number of hydrogen-bond donors (Lipinski definition) is 1. The molecule has 0 fully saturated rings. The molecule has 0 saturated heterocycles. The maximum Gasteiger partial charge on any atom is 0.321 e. The molecule has 4 rings (SSSR count). The van der Waals surface area contributed by atoms with Crippen molar-refractivity contribution in [3.8, 4) is 17.1 Å². The number of aromatic nitrogens is 4. The van der Waals surface area contributed by atoms with Crippen molar-refractivity contribution < 1.29 is 23.9 Å². The summed E-state index contributed by atoms with van der Waals surface area (Å²) in [5.41, 5.74) is 3.70. The van der Waals surface area contributed by atoms with Crippen molar-refractivity contribution in [1.82, 2.24) is 20.1 Å². The molecule has 0 aliphatic carbocycles. The number of furan rings is 1. The van der Waals surface area contributed by atoms with Crippen LogP contribution in [-0.2, 0) is 11.3 Å². The lowest BCUT2D eigenvalue weighted by Gasteiger charge is -2.04. The lowest BCUT2D eigenvalue weighted by molar-refractivity contribution is -0.717. The van der Waals surface area contributed by atoms with E-state index in [1.807, 2.05) is 0 Å². The molecule has 0 aliphatic rings. The van der Waals surface area contributed by atoms with Gasteiger partial charge in [0.25, 0.3) is 17.9 Å². The number of amides is 1. The fourth-order valence-electron chi connectivity index (χ4n) is 2.89. The number of rotatable bonds is 6. The third kappa shape index (κ3) is 4.22. The van der Waals surface area contributed by atoms with Gasteiger partial charge in [-0.3, -0.25) is 14.9 Å². The van der Waals surface area contributed by atoms with Crippen molar-refractivity contribution in [1.29, 1.82) is 0 Å². The second-order valence-corrected chi connectivity index (χ2v) is 6.51. The lowest BCUT2D eigenvalue weighted by Crippen LogP contribution is -2.44. The molecule has 0 radical (unpaired) electrons. The van der Waals surface area contributed by atoms with Gasteiger partial charge in [-0.25, -0.2) is 5.43 Å². The minimum atomic E-state index is -0.496. The number of non-ortho nitro benzene ring substituents is 1. The average Bonchev–Trinajstić information content (AvgIpc) is 3.35. The molecule has 1 N–H and O–H groups in total. The van der Waals surface area contributed by atoms with E-state index in [2.05, 4.69) is 20.7 Å². The Labute approximate surface area is 174 Å². The van der Waals surface area contributed by atoms with Crippen LogP contribution in [0.4, 0.5) is 5.69 Å². The number of nitrogens with zero attached hydrogens (tertiary/aromatic N) is 6. The third-order valence-electron chi connectivity index (χ3n) is 4.25. The molecule has 0 atom stereocenters. The Morgan fingerprint density at radius 1 is 1.32 bits per heavy atom. The predicted molar refractivity (Wildman–Crippen MR) is 104 cm³/mol. The average molecular weight is 421 g/mol. The van der Waals surface area contributed by atoms with Gasteiger partial charge >= 0.3 is 5.65 Å². The zero-order chi connectivity index (χ0) is 22.0. The van der Waals surface area contributed by atoms with Crippen LogP contribution in [0.1, 0.15) is 11.5 Å². The third-order valence-corrected chi connectivity index (χ3v) is 4.25. The number of hydrogen-bond acceptors (Lipinski definition) is 8. The topological polar surface area (TPSA) is 155 Å². The zero-order valence-electron chi connectivity index (χ0n) is 16.1. The molecule has 12 heteroatoms. The molecule has 3 aromatic heterocycles. The van der Waals surface area contributed by atoms with Crippen molar-refractivity contribution in [2.24, 2.45) is 5.10 Å². The van der Waals surface area contributed by atoms with E-state index in [1.54, 1.807) is 31.2 Å². The van der Waals surface area contributed by atoms with Crippen molar-refractivity contribution in [2.45, 2.75) is 13.5 Å². The molecule has 0 bridgehead atoms. The summed E-state index contributed by atoms with van der Waals surface area (Å²) in [6.07, 6.45) is 2.66. The number of aryl methyl sites for hydroxylation is 1. The van der Waals surface area contributed by atoms with Crippen molar-refractivity contribution in [3.05, 3.63) is 70.4 Å². The Bertz CT molecular complexity index is 1310. The van der Waals surface area contributed by atoms with E-state index in [0.717, 1.165) is 0 Å². The first-order valence-corrected chi connectivity index (χ1v) is 8.99. The maximum absolute atomic E-state index is 12.1. The quantitative estimate of drug-likeness (QED) is 0.208. The molecule has 156 valence electrons. The molecule has 3 heterocycles. The smallest absolute Gasteiger partial charge is 0.321 e. The van der Waals surface area contributed by atoms with Crippen LogP contribution in [0, 0.1) is 17.0 Å². The summed E-state index contributed by atoms with van der Waals surface area (Å²) >= 11 is 0. The first kappa shape index (κ1) is 19.7. The highest BCUT2D eigenvalue weighted by molar-refractivity contribution is 5.80. The lowest BCUT2D eigenvalue weighted by atomic mass is 10.1. The summed E-state index contributed by atoms with van der Waals surface area (Å²) in [7, 11) is 0. The first-order valence-electron chi connectivity index (χ1n) is 8.99. The number of fused-ring (bicyclic) bond motifs is 1. The highest BCUT2D eigenvalue weighted by Gasteiger charge is 2.17. The van der Waals surface area contributed by atoms with E-state index in [9.17, 15) is 20.0 Å². The van der Waals surface area contributed by atoms with Crippen LogP contribution in [0.3, 0.4) is 0 Å². The van der Waals surface area contributed by atoms with Gasteiger partial charge in [-0.05, 0) is 48.1 Å².